The van der Waals surface area contributed by atoms with Crippen LogP contribution in [0.5, 0.6) is 0 Å². The molecule has 1 aromatic rings. The second kappa shape index (κ2) is 5.72. The number of aliphatic hydroxyl groups excluding tert-OH is 1. The Balaban J connectivity index is 3.09. The third kappa shape index (κ3) is 3.23. The Morgan fingerprint density at radius 3 is 2.29 bits per heavy atom. The number of nitrogens with zero attached hydrogens (tertiary/aromatic N) is 1. The molecule has 92 valence electrons. The summed E-state index contributed by atoms with van der Waals surface area (Å²) in [6.07, 6.45) is 0. The average molecular weight is 300 g/mol. The zero-order valence-electron chi connectivity index (χ0n) is 9.90. The van der Waals surface area contributed by atoms with Gasteiger partial charge in [-0.2, -0.15) is 0 Å². The van der Waals surface area contributed by atoms with Crippen LogP contribution in [0, 0.1) is 0 Å². The lowest BCUT2D eigenvalue weighted by molar-refractivity contribution is -0.136. The highest BCUT2D eigenvalue weighted by molar-refractivity contribution is 9.10. The summed E-state index contributed by atoms with van der Waals surface area (Å²) >= 11 is 3.33. The summed E-state index contributed by atoms with van der Waals surface area (Å²) in [6, 6.07) is 7.37. The van der Waals surface area contributed by atoms with Gasteiger partial charge in [0.05, 0.1) is 7.11 Å². The molecule has 1 N–H and O–H groups in total. The monoisotopic (exact) mass is 299 g/mol. The van der Waals surface area contributed by atoms with Gasteiger partial charge in [-0.3, -0.25) is 0 Å². The second-order valence-corrected chi connectivity index (χ2v) is 4.38. The molecule has 1 aromatic carbocycles. The summed E-state index contributed by atoms with van der Waals surface area (Å²) < 4.78 is 5.58. The fourth-order valence-electron chi connectivity index (χ4n) is 1.42. The van der Waals surface area contributed by atoms with E-state index >= 15 is 0 Å². The molecule has 0 saturated carbocycles. The van der Waals surface area contributed by atoms with E-state index in [1.165, 1.54) is 14.0 Å². The first-order valence-corrected chi connectivity index (χ1v) is 5.74. The van der Waals surface area contributed by atoms with Crippen LogP contribution in [0.1, 0.15) is 6.92 Å². The number of benzene rings is 1. The number of halogens is 1. The smallest absolute Gasteiger partial charge is 0.358 e. The number of hydrogen-bond acceptors (Lipinski definition) is 4. The molecule has 0 spiro atoms. The van der Waals surface area contributed by atoms with E-state index in [-0.39, 0.29) is 11.5 Å². The number of ether oxygens (including phenoxy) is 1. The first-order valence-electron chi connectivity index (χ1n) is 4.94. The van der Waals surface area contributed by atoms with E-state index in [1.807, 2.05) is 24.3 Å². The Morgan fingerprint density at radius 1 is 1.35 bits per heavy atom. The molecule has 0 aliphatic heterocycles. The molecule has 0 fully saturated rings. The van der Waals surface area contributed by atoms with Gasteiger partial charge in [0.15, 0.2) is 5.70 Å². The molecule has 0 unspecified atom stereocenters. The predicted octanol–water partition coefficient (Wildman–Crippen LogP) is 2.85. The minimum atomic E-state index is -0.574. The van der Waals surface area contributed by atoms with Crippen molar-refractivity contribution in [2.75, 3.05) is 19.1 Å². The number of carbonyl (C=O) groups is 1. The van der Waals surface area contributed by atoms with Gasteiger partial charge in [-0.05, 0) is 31.2 Å². The molecular weight excluding hydrogens is 286 g/mol. The van der Waals surface area contributed by atoms with Crippen molar-refractivity contribution in [3.05, 3.63) is 40.2 Å². The molecule has 0 atom stereocenters. The maximum atomic E-state index is 11.5. The molecule has 0 heterocycles. The lowest BCUT2D eigenvalue weighted by Crippen LogP contribution is -2.25. The first kappa shape index (κ1) is 13.6. The highest BCUT2D eigenvalue weighted by Gasteiger charge is 2.19. The quantitative estimate of drug-likeness (QED) is 0.530. The van der Waals surface area contributed by atoms with E-state index in [2.05, 4.69) is 20.7 Å². The molecular formula is C12H14BrNO3. The van der Waals surface area contributed by atoms with Gasteiger partial charge in [-0.15, -0.1) is 0 Å². The van der Waals surface area contributed by atoms with Crippen LogP contribution in [0.15, 0.2) is 40.2 Å². The molecule has 0 radical (unpaired) electrons. The Hall–Kier alpha value is -1.49. The second-order valence-electron chi connectivity index (χ2n) is 3.46. The van der Waals surface area contributed by atoms with Crippen LogP contribution < -0.4 is 4.90 Å². The van der Waals surface area contributed by atoms with Gasteiger partial charge in [0.1, 0.15) is 5.76 Å². The molecule has 0 saturated heterocycles. The molecule has 0 bridgehead atoms. The molecule has 4 nitrogen and oxygen atoms in total. The number of rotatable bonds is 3. The molecule has 17 heavy (non-hydrogen) atoms. The summed E-state index contributed by atoms with van der Waals surface area (Å²) in [5.41, 5.74) is 0.900. The van der Waals surface area contributed by atoms with Crippen LogP contribution in [0.25, 0.3) is 0 Å². The van der Waals surface area contributed by atoms with Crippen molar-refractivity contribution in [2.24, 2.45) is 0 Å². The number of hydrogen-bond donors (Lipinski definition) is 1. The topological polar surface area (TPSA) is 49.8 Å². The van der Waals surface area contributed by atoms with Crippen molar-refractivity contribution in [1.82, 2.24) is 0 Å². The number of esters is 1. The number of likely N-dealkylation sites (N-methyl/N-ethyl adjacent to an activating group) is 1. The van der Waals surface area contributed by atoms with Crippen molar-refractivity contribution < 1.29 is 14.6 Å². The van der Waals surface area contributed by atoms with Crippen molar-refractivity contribution in [1.29, 1.82) is 0 Å². The molecule has 0 aliphatic carbocycles. The number of anilines is 1. The fourth-order valence-corrected chi connectivity index (χ4v) is 1.68. The van der Waals surface area contributed by atoms with E-state index in [0.29, 0.717) is 0 Å². The summed E-state index contributed by atoms with van der Waals surface area (Å²) in [6.45, 7) is 1.45. The normalized spacial score (nSPS) is 11.8. The van der Waals surface area contributed by atoms with E-state index in [4.69, 9.17) is 0 Å². The molecule has 0 amide bonds. The van der Waals surface area contributed by atoms with Gasteiger partial charge >= 0.3 is 5.97 Å². The van der Waals surface area contributed by atoms with Gasteiger partial charge < -0.3 is 14.7 Å². The van der Waals surface area contributed by atoms with E-state index in [1.54, 1.807) is 11.9 Å². The molecule has 0 aromatic heterocycles. The van der Waals surface area contributed by atoms with Crippen molar-refractivity contribution >= 4 is 27.6 Å². The van der Waals surface area contributed by atoms with Crippen LogP contribution in [0.2, 0.25) is 0 Å². The number of carbonyl (C=O) groups excluding carboxylic acids is 1. The van der Waals surface area contributed by atoms with Gasteiger partial charge in [0, 0.05) is 17.2 Å². The van der Waals surface area contributed by atoms with Gasteiger partial charge in [0.2, 0.25) is 0 Å². The van der Waals surface area contributed by atoms with Crippen molar-refractivity contribution in [2.45, 2.75) is 6.92 Å². The van der Waals surface area contributed by atoms with Crippen LogP contribution >= 0.6 is 15.9 Å². The lowest BCUT2D eigenvalue weighted by Gasteiger charge is -2.21. The summed E-state index contributed by atoms with van der Waals surface area (Å²) in [5.74, 6) is -0.655. The highest BCUT2D eigenvalue weighted by atomic mass is 79.9. The summed E-state index contributed by atoms with van der Waals surface area (Å²) in [7, 11) is 2.97. The molecule has 5 heteroatoms. The summed E-state index contributed by atoms with van der Waals surface area (Å²) in [4.78, 5) is 13.1. The van der Waals surface area contributed by atoms with Crippen LogP contribution in [-0.4, -0.2) is 25.2 Å². The number of aliphatic hydroxyl groups is 1. The number of allylic oxidation sites excluding steroid dienone is 1. The predicted molar refractivity (Wildman–Crippen MR) is 69.9 cm³/mol. The van der Waals surface area contributed by atoms with Gasteiger partial charge in [-0.1, -0.05) is 15.9 Å². The lowest BCUT2D eigenvalue weighted by atomic mass is 10.2. The largest absolute Gasteiger partial charge is 0.510 e. The SMILES string of the molecule is COC(=O)/C(=C(\C)O)N(C)c1ccc(Br)cc1. The fraction of sp³-hybridized carbons (Fsp3) is 0.250. The zero-order chi connectivity index (χ0) is 13.0. The van der Waals surface area contributed by atoms with E-state index in [0.717, 1.165) is 10.2 Å². The highest BCUT2D eigenvalue weighted by Crippen LogP contribution is 2.22. The van der Waals surface area contributed by atoms with Crippen LogP contribution in [0.4, 0.5) is 5.69 Å². The first-order chi connectivity index (χ1) is 7.97. The van der Waals surface area contributed by atoms with Crippen LogP contribution in [-0.2, 0) is 9.53 Å². The maximum absolute atomic E-state index is 11.5. The van der Waals surface area contributed by atoms with Gasteiger partial charge in [-0.25, -0.2) is 4.79 Å². The standard InChI is InChI=1S/C12H14BrNO3/c1-8(15)11(12(16)17-3)14(2)10-6-4-9(13)5-7-10/h4-7,15H,1-3H3/b11-8-. The molecule has 1 rings (SSSR count). The minimum absolute atomic E-state index is 0.0812. The van der Waals surface area contributed by atoms with Crippen molar-refractivity contribution in [3.8, 4) is 0 Å². The number of methoxy groups -OCH3 is 1. The molecule has 0 aliphatic rings. The third-order valence-electron chi connectivity index (χ3n) is 2.27. The Kier molecular flexibility index (Phi) is 4.57. The van der Waals surface area contributed by atoms with E-state index in [9.17, 15) is 9.90 Å². The minimum Gasteiger partial charge on any atom is -0.510 e. The Morgan fingerprint density at radius 2 is 1.88 bits per heavy atom. The Bertz CT molecular complexity index is 436. The third-order valence-corrected chi connectivity index (χ3v) is 2.80. The van der Waals surface area contributed by atoms with Crippen molar-refractivity contribution in [3.63, 3.8) is 0 Å². The maximum Gasteiger partial charge on any atom is 0.358 e. The zero-order valence-corrected chi connectivity index (χ0v) is 11.5. The van der Waals surface area contributed by atoms with E-state index < -0.39 is 5.97 Å². The van der Waals surface area contributed by atoms with Gasteiger partial charge in [0.25, 0.3) is 0 Å². The summed E-state index contributed by atoms with van der Waals surface area (Å²) in [5, 5.41) is 9.53. The van der Waals surface area contributed by atoms with Crippen LogP contribution in [0.3, 0.4) is 0 Å². The average Bonchev–Trinajstić information content (AvgIpc) is 2.29. The Labute approximate surface area is 109 Å².